The predicted molar refractivity (Wildman–Crippen MR) is 107 cm³/mol. The van der Waals surface area contributed by atoms with Crippen molar-refractivity contribution >= 4 is 21.6 Å². The first-order valence-electron chi connectivity index (χ1n) is 9.94. The Hall–Kier alpha value is -1.23. The minimum absolute atomic E-state index is 0.0343. The summed E-state index contributed by atoms with van der Waals surface area (Å²) in [6.07, 6.45) is -7.17. The molecular formula is C16H26N3O13P2-. The second kappa shape index (κ2) is 10.4. The summed E-state index contributed by atoms with van der Waals surface area (Å²) in [4.78, 5) is 34.4. The number of aliphatic hydroxyl groups excluding tert-OH is 3. The number of hydrogen-bond acceptors (Lipinski definition) is 14. The van der Waals surface area contributed by atoms with Crippen LogP contribution in [0.1, 0.15) is 13.3 Å². The van der Waals surface area contributed by atoms with Crippen LogP contribution >= 0.6 is 15.6 Å². The average Bonchev–Trinajstić information content (AvgIpc) is 2.97. The predicted octanol–water partition coefficient (Wildman–Crippen LogP) is -2.71. The molecule has 3 heterocycles. The van der Waals surface area contributed by atoms with E-state index in [-0.39, 0.29) is 12.2 Å². The van der Waals surface area contributed by atoms with Gasteiger partial charge in [-0.15, -0.1) is 0 Å². The van der Waals surface area contributed by atoms with Crippen molar-refractivity contribution in [1.29, 1.82) is 0 Å². The molecule has 194 valence electrons. The maximum absolute atomic E-state index is 12.1. The van der Waals surface area contributed by atoms with Gasteiger partial charge in [-0.1, -0.05) is 6.58 Å². The Kier molecular flexibility index (Phi) is 8.37. The number of phosphoric ester groups is 2. The van der Waals surface area contributed by atoms with Crippen molar-refractivity contribution in [2.24, 2.45) is 5.73 Å². The molecular weight excluding hydrogens is 504 g/mol. The van der Waals surface area contributed by atoms with Gasteiger partial charge in [0.1, 0.15) is 30.2 Å². The van der Waals surface area contributed by atoms with E-state index in [2.05, 4.69) is 25.3 Å². The van der Waals surface area contributed by atoms with Gasteiger partial charge in [-0.3, -0.25) is 18.4 Å². The summed E-state index contributed by atoms with van der Waals surface area (Å²) in [5.41, 5.74) is 5.66. The van der Waals surface area contributed by atoms with E-state index in [9.17, 15) is 39.0 Å². The lowest BCUT2D eigenvalue weighted by Crippen LogP contribution is -2.52. The summed E-state index contributed by atoms with van der Waals surface area (Å²) in [5, 5.41) is 32.7. The van der Waals surface area contributed by atoms with E-state index >= 15 is 0 Å². The third kappa shape index (κ3) is 6.50. The highest BCUT2D eigenvalue weighted by molar-refractivity contribution is 7.60. The molecule has 18 heteroatoms. The van der Waals surface area contributed by atoms with Crippen LogP contribution in [0.2, 0.25) is 0 Å². The van der Waals surface area contributed by atoms with E-state index < -0.39 is 77.2 Å². The number of carbonyl (C=O) groups excluding carboxylic acids is 1. The van der Waals surface area contributed by atoms with Crippen LogP contribution in [0.25, 0.3) is 0 Å². The highest BCUT2D eigenvalue weighted by Crippen LogP contribution is 2.59. The highest BCUT2D eigenvalue weighted by atomic mass is 31.3. The van der Waals surface area contributed by atoms with Crippen LogP contribution < -0.4 is 15.9 Å². The normalized spacial score (nSPS) is 40.0. The molecule has 2 fully saturated rings. The Bertz CT molecular complexity index is 919. The van der Waals surface area contributed by atoms with Crippen molar-refractivity contribution in [2.45, 2.75) is 62.4 Å². The van der Waals surface area contributed by atoms with E-state index in [1.807, 2.05) is 0 Å². The van der Waals surface area contributed by atoms with Crippen LogP contribution in [0.5, 0.6) is 0 Å². The van der Waals surface area contributed by atoms with Crippen molar-refractivity contribution in [3.63, 3.8) is 0 Å². The zero-order valence-corrected chi connectivity index (χ0v) is 19.6. The number of rotatable bonds is 8. The molecule has 0 aliphatic carbocycles. The molecule has 0 saturated carbocycles. The molecule has 5 unspecified atom stereocenters. The number of carbonyl (C=O) groups is 1. The van der Waals surface area contributed by atoms with E-state index in [4.69, 9.17) is 15.2 Å². The molecule has 0 spiro atoms. The molecule has 3 aliphatic rings. The first-order valence-corrected chi connectivity index (χ1v) is 12.9. The first kappa shape index (κ1) is 27.4. The van der Waals surface area contributed by atoms with Gasteiger partial charge in [0.15, 0.2) is 12.5 Å². The summed E-state index contributed by atoms with van der Waals surface area (Å²) in [6, 6.07) is -0.870. The fourth-order valence-electron chi connectivity index (χ4n) is 3.46. The van der Waals surface area contributed by atoms with Crippen molar-refractivity contribution < 1.29 is 61.9 Å². The average molecular weight is 530 g/mol. The third-order valence-corrected chi connectivity index (χ3v) is 7.67. The van der Waals surface area contributed by atoms with E-state index in [1.165, 1.54) is 11.1 Å². The van der Waals surface area contributed by atoms with E-state index in [1.54, 1.807) is 6.92 Å². The van der Waals surface area contributed by atoms with Crippen molar-refractivity contribution in [2.75, 3.05) is 6.61 Å². The van der Waals surface area contributed by atoms with Crippen molar-refractivity contribution in [3.8, 4) is 0 Å². The van der Waals surface area contributed by atoms with E-state index in [0.29, 0.717) is 0 Å². The minimum Gasteiger partial charge on any atom is -0.756 e. The van der Waals surface area contributed by atoms with Crippen LogP contribution in [0, 0.1) is 0 Å². The number of hydrogen-bond donors (Lipinski definition) is 6. The number of nitrogens with one attached hydrogen (secondary N) is 1. The minimum atomic E-state index is -5.56. The maximum Gasteiger partial charge on any atom is 0.478 e. The Morgan fingerprint density at radius 3 is 2.62 bits per heavy atom. The summed E-state index contributed by atoms with van der Waals surface area (Å²) in [7, 11) is -10.9. The van der Waals surface area contributed by atoms with Gasteiger partial charge in [-0.25, -0.2) is 8.88 Å². The Morgan fingerprint density at radius 2 is 1.97 bits per heavy atom. The van der Waals surface area contributed by atoms with Gasteiger partial charge in [-0.2, -0.15) is 0 Å². The molecule has 0 aromatic rings. The maximum atomic E-state index is 12.1. The Balaban J connectivity index is 1.57. The molecule has 34 heavy (non-hydrogen) atoms. The molecule has 0 bridgehead atoms. The molecule has 3 rings (SSSR count). The smallest absolute Gasteiger partial charge is 0.478 e. The largest absolute Gasteiger partial charge is 0.756 e. The Labute approximate surface area is 193 Å². The van der Waals surface area contributed by atoms with Crippen molar-refractivity contribution in [3.05, 3.63) is 24.7 Å². The molecule has 0 aromatic carbocycles. The van der Waals surface area contributed by atoms with Crippen LogP contribution in [-0.4, -0.2) is 86.7 Å². The SMILES string of the molecule is C=C1NC(=O)C=CN1[C@@H]1O[C@H](COP(=O)(O)OP(=O)([O-])O[C@@H]2OC(C)C[C@H](N)C2O)C(O)[C@@H]1O. The second-order valence-corrected chi connectivity index (χ2v) is 10.8. The molecule has 1 amide bonds. The van der Waals surface area contributed by atoms with Crippen LogP contribution in [0.3, 0.4) is 0 Å². The van der Waals surface area contributed by atoms with Crippen LogP contribution in [-0.2, 0) is 36.8 Å². The fraction of sp³-hybridized carbons (Fsp3) is 0.688. The molecule has 10 atom stereocenters. The second-order valence-electron chi connectivity index (χ2n) is 7.81. The summed E-state index contributed by atoms with van der Waals surface area (Å²) in [5.74, 6) is -0.438. The number of nitrogens with zero attached hydrogens (tertiary/aromatic N) is 1. The van der Waals surface area contributed by atoms with Gasteiger partial charge in [-0.05, 0) is 13.3 Å². The molecule has 3 aliphatic heterocycles. The highest BCUT2D eigenvalue weighted by Gasteiger charge is 2.47. The van der Waals surface area contributed by atoms with Gasteiger partial charge < -0.3 is 50.5 Å². The summed E-state index contributed by atoms with van der Waals surface area (Å²) in [6.45, 7) is 4.25. The van der Waals surface area contributed by atoms with Gasteiger partial charge in [0.2, 0.25) is 0 Å². The molecule has 0 aromatic heterocycles. The fourth-order valence-corrected chi connectivity index (χ4v) is 5.58. The van der Waals surface area contributed by atoms with Gasteiger partial charge in [0.25, 0.3) is 13.7 Å². The number of ether oxygens (including phenoxy) is 2. The lowest BCUT2D eigenvalue weighted by atomic mass is 10.0. The first-order chi connectivity index (χ1) is 15.7. The third-order valence-electron chi connectivity index (χ3n) is 5.10. The lowest BCUT2D eigenvalue weighted by Gasteiger charge is -2.38. The zero-order valence-electron chi connectivity index (χ0n) is 17.8. The summed E-state index contributed by atoms with van der Waals surface area (Å²) < 4.78 is 48.0. The Morgan fingerprint density at radius 1 is 1.29 bits per heavy atom. The zero-order chi connectivity index (χ0) is 25.4. The molecule has 2 saturated heterocycles. The standard InChI is InChI=1S/C16H27N3O13P2/c1-7-5-9(17)12(21)16(29-7)31-34(26,27)32-33(24,25)28-6-10-13(22)14(23)15(30-10)19-4-3-11(20)18-8(19)2/h3-4,7,9-10,12-16,21-23H,2,5-6,17H2,1H3,(H,18,20)(H,24,25)(H,26,27)/p-1/t7?,9-,10+,12?,13?,14-,15+,16-/m0/s1. The van der Waals surface area contributed by atoms with Crippen LogP contribution in [0.4, 0.5) is 0 Å². The van der Waals surface area contributed by atoms with Gasteiger partial charge >= 0.3 is 7.82 Å². The van der Waals surface area contributed by atoms with Crippen LogP contribution in [0.15, 0.2) is 24.7 Å². The molecule has 16 nitrogen and oxygen atoms in total. The van der Waals surface area contributed by atoms with Gasteiger partial charge in [0.05, 0.1) is 12.7 Å². The van der Waals surface area contributed by atoms with E-state index in [0.717, 1.165) is 6.08 Å². The van der Waals surface area contributed by atoms with Gasteiger partial charge in [0, 0.05) is 18.3 Å². The summed E-state index contributed by atoms with van der Waals surface area (Å²) >= 11 is 0. The quantitative estimate of drug-likeness (QED) is 0.175. The van der Waals surface area contributed by atoms with Crippen molar-refractivity contribution in [1.82, 2.24) is 10.2 Å². The number of phosphoric acid groups is 2. The topological polar surface area (TPSA) is 243 Å². The monoisotopic (exact) mass is 530 g/mol. The molecule has 0 radical (unpaired) electrons. The number of amides is 1. The number of nitrogens with two attached hydrogens (primary N) is 1. The lowest BCUT2D eigenvalue weighted by molar-refractivity contribution is -0.265. The number of aliphatic hydroxyl groups is 3. The molecule has 7 N–H and O–H groups in total.